The highest BCUT2D eigenvalue weighted by molar-refractivity contribution is 7.13. The summed E-state index contributed by atoms with van der Waals surface area (Å²) < 4.78 is 0. The van der Waals surface area contributed by atoms with Crippen molar-refractivity contribution in [2.45, 2.75) is 18.3 Å². The number of thiazole rings is 1. The Morgan fingerprint density at radius 1 is 1.29 bits per heavy atom. The first kappa shape index (κ1) is 11.3. The fraction of sp³-hybridized carbons (Fsp3) is 0.250. The number of hydrogen-bond acceptors (Lipinski definition) is 3. The highest BCUT2D eigenvalue weighted by Crippen LogP contribution is 2.55. The normalized spacial score (nSPS) is 17.1. The lowest BCUT2D eigenvalue weighted by Gasteiger charge is -2.15. The smallest absolute Gasteiger partial charge is 0.180 e. The minimum atomic E-state index is -0.0320. The molecule has 3 rings (SSSR count). The lowest BCUT2D eigenvalue weighted by atomic mass is 9.93. The van der Waals surface area contributed by atoms with Gasteiger partial charge in [0.15, 0.2) is 5.13 Å². The number of benzene rings is 1. The molecule has 0 radical (unpaired) electrons. The molecular formula is C12H10Cl2N2S. The Morgan fingerprint density at radius 2 is 2.06 bits per heavy atom. The van der Waals surface area contributed by atoms with Crippen LogP contribution in [0, 0.1) is 0 Å². The second-order valence-corrected chi connectivity index (χ2v) is 6.01. The number of nitrogens with two attached hydrogens (primary N) is 1. The first-order valence-corrected chi connectivity index (χ1v) is 6.92. The summed E-state index contributed by atoms with van der Waals surface area (Å²) in [5.74, 6) is 0. The minimum absolute atomic E-state index is 0.0320. The van der Waals surface area contributed by atoms with Gasteiger partial charge in [0.2, 0.25) is 0 Å². The molecule has 0 spiro atoms. The van der Waals surface area contributed by atoms with Crippen molar-refractivity contribution in [3.8, 4) is 0 Å². The average Bonchev–Trinajstić information content (AvgIpc) is 2.95. The van der Waals surface area contributed by atoms with Crippen LogP contribution in [0.3, 0.4) is 0 Å². The second-order valence-electron chi connectivity index (χ2n) is 4.28. The average molecular weight is 285 g/mol. The Bertz CT molecular complexity index is 576. The molecule has 2 aromatic rings. The Hall–Kier alpha value is -0.770. The van der Waals surface area contributed by atoms with Crippen LogP contribution in [-0.2, 0) is 5.41 Å². The third-order valence-corrected chi connectivity index (χ3v) is 4.43. The number of hydrogen-bond donors (Lipinski definition) is 1. The van der Waals surface area contributed by atoms with E-state index in [9.17, 15) is 0 Å². The van der Waals surface area contributed by atoms with Crippen molar-refractivity contribution in [1.82, 2.24) is 4.98 Å². The van der Waals surface area contributed by atoms with Gasteiger partial charge in [-0.1, -0.05) is 29.3 Å². The predicted octanol–water partition coefficient (Wildman–Crippen LogP) is 4.11. The molecule has 0 bridgehead atoms. The van der Waals surface area contributed by atoms with Crippen molar-refractivity contribution in [1.29, 1.82) is 0 Å². The van der Waals surface area contributed by atoms with E-state index in [1.807, 2.05) is 17.5 Å². The van der Waals surface area contributed by atoms with E-state index < -0.39 is 0 Å². The maximum Gasteiger partial charge on any atom is 0.180 e. The van der Waals surface area contributed by atoms with Gasteiger partial charge in [-0.05, 0) is 30.5 Å². The molecule has 88 valence electrons. The topological polar surface area (TPSA) is 38.9 Å². The van der Waals surface area contributed by atoms with Crippen LogP contribution < -0.4 is 5.73 Å². The third kappa shape index (κ3) is 1.82. The molecule has 0 aliphatic heterocycles. The van der Waals surface area contributed by atoms with E-state index in [-0.39, 0.29) is 5.41 Å². The standard InChI is InChI=1S/C12H10Cl2N2S/c13-7-1-2-8(9(14)5-7)12(3-4-12)10-6-17-11(15)16-10/h1-2,5-6H,3-4H2,(H2,15,16). The van der Waals surface area contributed by atoms with Crippen LogP contribution in [0.1, 0.15) is 24.1 Å². The van der Waals surface area contributed by atoms with Crippen molar-refractivity contribution < 1.29 is 0 Å². The molecule has 1 saturated carbocycles. The van der Waals surface area contributed by atoms with Gasteiger partial charge in [-0.25, -0.2) is 4.98 Å². The van der Waals surface area contributed by atoms with Crippen molar-refractivity contribution in [3.05, 3.63) is 44.9 Å². The van der Waals surface area contributed by atoms with Crippen molar-refractivity contribution >= 4 is 39.7 Å². The highest BCUT2D eigenvalue weighted by atomic mass is 35.5. The monoisotopic (exact) mass is 284 g/mol. The van der Waals surface area contributed by atoms with Gasteiger partial charge in [0.1, 0.15) is 0 Å². The lowest BCUT2D eigenvalue weighted by Crippen LogP contribution is -2.10. The van der Waals surface area contributed by atoms with Crippen LogP contribution in [0.4, 0.5) is 5.13 Å². The zero-order chi connectivity index (χ0) is 12.0. The number of nitrogens with zero attached hydrogens (tertiary/aromatic N) is 1. The maximum absolute atomic E-state index is 6.27. The zero-order valence-corrected chi connectivity index (χ0v) is 11.2. The first-order chi connectivity index (χ1) is 8.12. The van der Waals surface area contributed by atoms with Gasteiger partial charge in [0.05, 0.1) is 5.69 Å². The molecule has 0 unspecified atom stereocenters. The van der Waals surface area contributed by atoms with Gasteiger partial charge in [-0.2, -0.15) is 0 Å². The van der Waals surface area contributed by atoms with Gasteiger partial charge in [0.25, 0.3) is 0 Å². The van der Waals surface area contributed by atoms with E-state index in [1.54, 1.807) is 6.07 Å². The van der Waals surface area contributed by atoms with Crippen molar-refractivity contribution in [2.24, 2.45) is 0 Å². The third-order valence-electron chi connectivity index (χ3n) is 3.21. The van der Waals surface area contributed by atoms with Crippen molar-refractivity contribution in [3.63, 3.8) is 0 Å². The molecule has 2 nitrogen and oxygen atoms in total. The zero-order valence-electron chi connectivity index (χ0n) is 8.91. The van der Waals surface area contributed by atoms with Crippen LogP contribution in [0.2, 0.25) is 10.0 Å². The van der Waals surface area contributed by atoms with E-state index in [0.717, 1.165) is 24.1 Å². The molecule has 1 heterocycles. The van der Waals surface area contributed by atoms with Crippen molar-refractivity contribution in [2.75, 3.05) is 5.73 Å². The number of halogens is 2. The molecule has 1 aliphatic rings. The molecule has 1 aromatic carbocycles. The fourth-order valence-corrected chi connectivity index (χ4v) is 3.42. The van der Waals surface area contributed by atoms with E-state index in [1.165, 1.54) is 11.3 Å². The fourth-order valence-electron chi connectivity index (χ4n) is 2.17. The SMILES string of the molecule is Nc1nc(C2(c3ccc(Cl)cc3Cl)CC2)cs1. The summed E-state index contributed by atoms with van der Waals surface area (Å²) in [5, 5.41) is 4.00. The molecule has 0 atom stereocenters. The Morgan fingerprint density at radius 3 is 2.59 bits per heavy atom. The summed E-state index contributed by atoms with van der Waals surface area (Å²) in [4.78, 5) is 4.39. The Labute approximate surface area is 113 Å². The van der Waals surface area contributed by atoms with Gasteiger partial charge in [-0.15, -0.1) is 11.3 Å². The van der Waals surface area contributed by atoms with E-state index in [0.29, 0.717) is 15.2 Å². The molecule has 1 aromatic heterocycles. The van der Waals surface area contributed by atoms with Crippen LogP contribution >= 0.6 is 34.5 Å². The van der Waals surface area contributed by atoms with Gasteiger partial charge < -0.3 is 5.73 Å². The van der Waals surface area contributed by atoms with Gasteiger partial charge in [-0.3, -0.25) is 0 Å². The number of anilines is 1. The summed E-state index contributed by atoms with van der Waals surface area (Å²) in [6, 6.07) is 5.65. The van der Waals surface area contributed by atoms with Crippen LogP contribution in [0.5, 0.6) is 0 Å². The molecule has 0 amide bonds. The molecule has 1 fully saturated rings. The second kappa shape index (κ2) is 3.87. The Balaban J connectivity index is 2.09. The van der Waals surface area contributed by atoms with E-state index in [2.05, 4.69) is 4.98 Å². The Kier molecular flexibility index (Phi) is 2.58. The number of aromatic nitrogens is 1. The minimum Gasteiger partial charge on any atom is -0.375 e. The van der Waals surface area contributed by atoms with Crippen LogP contribution in [-0.4, -0.2) is 4.98 Å². The largest absolute Gasteiger partial charge is 0.375 e. The van der Waals surface area contributed by atoms with E-state index >= 15 is 0 Å². The molecular weight excluding hydrogens is 275 g/mol. The number of nitrogen functional groups attached to an aromatic ring is 1. The predicted molar refractivity (Wildman–Crippen MR) is 73.0 cm³/mol. The lowest BCUT2D eigenvalue weighted by molar-refractivity contribution is 0.815. The van der Waals surface area contributed by atoms with E-state index in [4.69, 9.17) is 28.9 Å². The molecule has 0 saturated heterocycles. The molecule has 17 heavy (non-hydrogen) atoms. The summed E-state index contributed by atoms with van der Waals surface area (Å²) in [6.45, 7) is 0. The van der Waals surface area contributed by atoms with Crippen LogP contribution in [0.25, 0.3) is 0 Å². The quantitative estimate of drug-likeness (QED) is 0.901. The summed E-state index contributed by atoms with van der Waals surface area (Å²) in [7, 11) is 0. The summed E-state index contributed by atoms with van der Waals surface area (Å²) in [5.41, 5.74) is 7.80. The number of rotatable bonds is 2. The van der Waals surface area contributed by atoms with Crippen LogP contribution in [0.15, 0.2) is 23.6 Å². The molecule has 2 N–H and O–H groups in total. The summed E-state index contributed by atoms with van der Waals surface area (Å²) in [6.07, 6.45) is 2.13. The summed E-state index contributed by atoms with van der Waals surface area (Å²) >= 11 is 13.7. The van der Waals surface area contributed by atoms with Gasteiger partial charge >= 0.3 is 0 Å². The van der Waals surface area contributed by atoms with Gasteiger partial charge in [0, 0.05) is 20.8 Å². The first-order valence-electron chi connectivity index (χ1n) is 5.29. The molecule has 5 heteroatoms. The maximum atomic E-state index is 6.27. The molecule has 1 aliphatic carbocycles. The highest BCUT2D eigenvalue weighted by Gasteiger charge is 2.48.